The first-order valence-corrected chi connectivity index (χ1v) is 10.0. The van der Waals surface area contributed by atoms with Gasteiger partial charge in [0.25, 0.3) is 6.47 Å². The summed E-state index contributed by atoms with van der Waals surface area (Å²) in [7, 11) is 1.79. The molecule has 32 heavy (non-hydrogen) atoms. The third-order valence-corrected chi connectivity index (χ3v) is 4.91. The quantitative estimate of drug-likeness (QED) is 0.463. The van der Waals surface area contributed by atoms with E-state index in [0.29, 0.717) is 24.3 Å². The smallest absolute Gasteiger partial charge is 0.341 e. The fraction of sp³-hybridized carbons (Fsp3) is 0.217. The molecular formula is C23H24N4O5. The summed E-state index contributed by atoms with van der Waals surface area (Å²) < 4.78 is 5.21. The van der Waals surface area contributed by atoms with Gasteiger partial charge in [0.05, 0.1) is 17.8 Å². The monoisotopic (exact) mass is 436 g/mol. The normalized spacial score (nSPS) is 12.9. The van der Waals surface area contributed by atoms with E-state index in [9.17, 15) is 9.59 Å². The Hall–Kier alpha value is -4.14. The van der Waals surface area contributed by atoms with Gasteiger partial charge in [0.1, 0.15) is 5.56 Å². The molecule has 0 saturated carbocycles. The first-order valence-electron chi connectivity index (χ1n) is 10.0. The lowest BCUT2D eigenvalue weighted by Crippen LogP contribution is -2.29. The molecule has 0 spiro atoms. The first-order chi connectivity index (χ1) is 15.5. The summed E-state index contributed by atoms with van der Waals surface area (Å²) in [5, 5.41) is 11.1. The topological polar surface area (TPSA) is 112 Å². The molecule has 2 aromatic carbocycles. The molecule has 1 aromatic heterocycles. The molecule has 0 radical (unpaired) electrons. The molecule has 2 N–H and O–H groups in total. The van der Waals surface area contributed by atoms with Crippen LogP contribution in [0.3, 0.4) is 0 Å². The number of amides is 2. The number of likely N-dealkylation sites (N-methyl/N-ethyl adjacent to an activating group) is 1. The van der Waals surface area contributed by atoms with Crippen LogP contribution in [0.1, 0.15) is 17.3 Å². The zero-order valence-corrected chi connectivity index (χ0v) is 17.8. The molecule has 4 rings (SSSR count). The van der Waals surface area contributed by atoms with Crippen molar-refractivity contribution in [3.8, 4) is 0 Å². The number of benzene rings is 2. The average molecular weight is 436 g/mol. The number of hydrogen-bond acceptors (Lipinski definition) is 6. The molecule has 0 atom stereocenters. The minimum absolute atomic E-state index is 0.0243. The number of ether oxygens (including phenoxy) is 1. The Kier molecular flexibility index (Phi) is 7.22. The highest BCUT2D eigenvalue weighted by molar-refractivity contribution is 6.06. The van der Waals surface area contributed by atoms with Gasteiger partial charge in [0.2, 0.25) is 0 Å². The van der Waals surface area contributed by atoms with E-state index in [1.54, 1.807) is 23.8 Å². The number of nitrogens with zero attached hydrogens (tertiary/aromatic N) is 3. The van der Waals surface area contributed by atoms with Crippen LogP contribution in [0.5, 0.6) is 0 Å². The minimum atomic E-state index is -0.430. The highest BCUT2D eigenvalue weighted by Gasteiger charge is 2.26. The summed E-state index contributed by atoms with van der Waals surface area (Å²) >= 11 is 0. The van der Waals surface area contributed by atoms with E-state index in [2.05, 4.69) is 10.3 Å². The Morgan fingerprint density at radius 3 is 2.66 bits per heavy atom. The van der Waals surface area contributed by atoms with E-state index in [1.165, 1.54) is 6.20 Å². The van der Waals surface area contributed by atoms with Crippen molar-refractivity contribution in [2.24, 2.45) is 0 Å². The minimum Gasteiger partial charge on any atom is -0.483 e. The number of carboxylic acid groups (broad SMARTS) is 1. The largest absolute Gasteiger partial charge is 0.483 e. The van der Waals surface area contributed by atoms with Crippen LogP contribution < -0.4 is 10.2 Å². The lowest BCUT2D eigenvalue weighted by molar-refractivity contribution is -0.122. The number of anilines is 3. The maximum Gasteiger partial charge on any atom is 0.341 e. The number of nitrogens with one attached hydrogen (secondary N) is 1. The highest BCUT2D eigenvalue weighted by atomic mass is 16.5. The second kappa shape index (κ2) is 10.3. The number of para-hydroxylation sites is 1. The van der Waals surface area contributed by atoms with Crippen molar-refractivity contribution >= 4 is 46.4 Å². The van der Waals surface area contributed by atoms with Crippen LogP contribution in [-0.2, 0) is 9.53 Å². The Morgan fingerprint density at radius 1 is 1.22 bits per heavy atom. The predicted molar refractivity (Wildman–Crippen MR) is 121 cm³/mol. The maximum absolute atomic E-state index is 12.5. The van der Waals surface area contributed by atoms with Gasteiger partial charge in [0.15, 0.2) is 0 Å². The van der Waals surface area contributed by atoms with Crippen molar-refractivity contribution in [1.29, 1.82) is 0 Å². The molecule has 3 aromatic rings. The van der Waals surface area contributed by atoms with Crippen molar-refractivity contribution in [2.75, 3.05) is 37.0 Å². The number of esters is 1. The lowest BCUT2D eigenvalue weighted by atomic mass is 10.1. The van der Waals surface area contributed by atoms with Crippen LogP contribution in [0.15, 0.2) is 54.7 Å². The molecule has 9 nitrogen and oxygen atoms in total. The van der Waals surface area contributed by atoms with E-state index >= 15 is 0 Å². The van der Waals surface area contributed by atoms with Gasteiger partial charge in [0, 0.05) is 43.1 Å². The van der Waals surface area contributed by atoms with Gasteiger partial charge in [-0.15, -0.1) is 0 Å². The van der Waals surface area contributed by atoms with Crippen LogP contribution >= 0.6 is 0 Å². The molecule has 1 aliphatic heterocycles. The first kappa shape index (κ1) is 22.5. The van der Waals surface area contributed by atoms with Crippen LogP contribution in [0, 0.1) is 0 Å². The zero-order chi connectivity index (χ0) is 23.1. The number of urea groups is 1. The molecule has 166 valence electrons. The number of hydrogen-bond donors (Lipinski definition) is 2. The van der Waals surface area contributed by atoms with E-state index in [0.717, 1.165) is 22.3 Å². The van der Waals surface area contributed by atoms with Crippen molar-refractivity contribution in [1.82, 2.24) is 9.88 Å². The van der Waals surface area contributed by atoms with Gasteiger partial charge in [-0.25, -0.2) is 9.59 Å². The molecule has 1 aliphatic rings. The van der Waals surface area contributed by atoms with Gasteiger partial charge in [-0.1, -0.05) is 24.3 Å². The van der Waals surface area contributed by atoms with Crippen LogP contribution in [0.2, 0.25) is 0 Å². The SMILES string of the molecule is CCOC(=O)c1cnc2ccccc2c1Nc1cccc(N2CCN(C)C2=O)c1.O=CO. The number of pyridine rings is 1. The lowest BCUT2D eigenvalue weighted by Gasteiger charge is -2.18. The zero-order valence-electron chi connectivity index (χ0n) is 17.8. The van der Waals surface area contributed by atoms with E-state index in [-0.39, 0.29) is 19.1 Å². The standard InChI is InChI=1S/C22H22N4O3.CH2O2/c1-3-29-21(27)18-14-23-19-10-5-4-9-17(19)20(18)24-15-7-6-8-16(13-15)26-12-11-25(2)22(26)28;2-1-3/h4-10,13-14H,3,11-12H2,1-2H3,(H,23,24);1H,(H,2,3). The van der Waals surface area contributed by atoms with E-state index in [1.807, 2.05) is 48.5 Å². The van der Waals surface area contributed by atoms with E-state index < -0.39 is 5.97 Å². The van der Waals surface area contributed by atoms with Crippen LogP contribution in [0.4, 0.5) is 21.9 Å². The van der Waals surface area contributed by atoms with Crippen molar-refractivity contribution in [3.63, 3.8) is 0 Å². The molecule has 0 bridgehead atoms. The second-order valence-corrected chi connectivity index (χ2v) is 6.92. The second-order valence-electron chi connectivity index (χ2n) is 6.92. The molecule has 2 amide bonds. The number of carbonyl (C=O) groups excluding carboxylic acids is 2. The van der Waals surface area contributed by atoms with Gasteiger partial charge in [-0.05, 0) is 31.2 Å². The number of carbonyl (C=O) groups is 3. The summed E-state index contributed by atoms with van der Waals surface area (Å²) in [5.74, 6) is -0.430. The van der Waals surface area contributed by atoms with Crippen molar-refractivity contribution < 1.29 is 24.2 Å². The van der Waals surface area contributed by atoms with Crippen molar-refractivity contribution in [2.45, 2.75) is 6.92 Å². The Bertz CT molecular complexity index is 1130. The van der Waals surface area contributed by atoms with Crippen LogP contribution in [-0.4, -0.2) is 60.2 Å². The van der Waals surface area contributed by atoms with Gasteiger partial charge >= 0.3 is 12.0 Å². The fourth-order valence-electron chi connectivity index (χ4n) is 3.42. The Labute approximate surface area is 185 Å². The average Bonchev–Trinajstić information content (AvgIpc) is 3.13. The number of fused-ring (bicyclic) bond motifs is 1. The highest BCUT2D eigenvalue weighted by Crippen LogP contribution is 2.31. The fourth-order valence-corrected chi connectivity index (χ4v) is 3.42. The number of rotatable bonds is 5. The van der Waals surface area contributed by atoms with Crippen LogP contribution in [0.25, 0.3) is 10.9 Å². The maximum atomic E-state index is 12.5. The molecule has 0 unspecified atom stereocenters. The molecule has 2 heterocycles. The third-order valence-electron chi connectivity index (χ3n) is 4.91. The van der Waals surface area contributed by atoms with Gasteiger partial charge in [-0.3, -0.25) is 14.7 Å². The summed E-state index contributed by atoms with van der Waals surface area (Å²) in [4.78, 5) is 41.0. The third kappa shape index (κ3) is 4.77. The summed E-state index contributed by atoms with van der Waals surface area (Å²) in [6.45, 7) is 3.14. The Morgan fingerprint density at radius 2 is 1.97 bits per heavy atom. The van der Waals surface area contributed by atoms with Crippen molar-refractivity contribution in [3.05, 3.63) is 60.3 Å². The summed E-state index contributed by atoms with van der Waals surface area (Å²) in [5.41, 5.74) is 3.35. The number of aromatic nitrogens is 1. The summed E-state index contributed by atoms with van der Waals surface area (Å²) in [6, 6.07) is 15.2. The Balaban J connectivity index is 0.000000913. The predicted octanol–water partition coefficient (Wildman–Crippen LogP) is 3.73. The molecule has 0 aliphatic carbocycles. The van der Waals surface area contributed by atoms with Gasteiger partial charge in [-0.2, -0.15) is 0 Å². The molecule has 1 fully saturated rings. The molecule has 1 saturated heterocycles. The van der Waals surface area contributed by atoms with Gasteiger partial charge < -0.3 is 20.1 Å². The molecule has 9 heteroatoms. The van der Waals surface area contributed by atoms with E-state index in [4.69, 9.17) is 14.6 Å². The summed E-state index contributed by atoms with van der Waals surface area (Å²) in [6.07, 6.45) is 1.53. The molecular weight excluding hydrogens is 412 g/mol.